The largest absolute Gasteiger partial charge is 0.380 e. The number of rotatable bonds is 3. The summed E-state index contributed by atoms with van der Waals surface area (Å²) in [5.41, 5.74) is 1.71. The molecule has 2 fully saturated rings. The molecule has 0 radical (unpaired) electrons. The Balaban J connectivity index is 1.51. The van der Waals surface area contributed by atoms with E-state index >= 15 is 0 Å². The topological polar surface area (TPSA) is 55.3 Å². The third kappa shape index (κ3) is 3.43. The van der Waals surface area contributed by atoms with E-state index in [1.807, 2.05) is 4.90 Å². The predicted molar refractivity (Wildman–Crippen MR) is 111 cm³/mol. The number of hydrogen-bond acceptors (Lipinski definition) is 4. The second-order valence-corrected chi connectivity index (χ2v) is 9.65. The number of nitrogens with zero attached hydrogens (tertiary/aromatic N) is 3. The van der Waals surface area contributed by atoms with Gasteiger partial charge in [-0.2, -0.15) is 5.10 Å². The third-order valence-corrected chi connectivity index (χ3v) is 7.24. The van der Waals surface area contributed by atoms with Crippen molar-refractivity contribution >= 4 is 5.91 Å². The van der Waals surface area contributed by atoms with Crippen LogP contribution in [-0.4, -0.2) is 47.3 Å². The molecule has 0 N–H and O–H groups in total. The van der Waals surface area contributed by atoms with Crippen molar-refractivity contribution in [1.29, 1.82) is 0 Å². The van der Waals surface area contributed by atoms with Gasteiger partial charge in [0.1, 0.15) is 11.6 Å². The minimum absolute atomic E-state index is 0.0892. The number of benzene rings is 1. The summed E-state index contributed by atoms with van der Waals surface area (Å²) in [7, 11) is 0. The van der Waals surface area contributed by atoms with Crippen LogP contribution in [0, 0.1) is 23.0 Å². The molecule has 2 aliphatic heterocycles. The fraction of sp³-hybridized carbons (Fsp3) is 0.542. The molecule has 1 unspecified atom stereocenters. The lowest BCUT2D eigenvalue weighted by Crippen LogP contribution is -2.46. The molecule has 5 nitrogen and oxygen atoms in total. The summed E-state index contributed by atoms with van der Waals surface area (Å²) < 4.78 is 34.1. The van der Waals surface area contributed by atoms with E-state index in [1.165, 1.54) is 18.2 Å². The lowest BCUT2D eigenvalue weighted by atomic mass is 9.74. The van der Waals surface area contributed by atoms with E-state index in [0.717, 1.165) is 51.1 Å². The van der Waals surface area contributed by atoms with E-state index in [2.05, 4.69) is 24.0 Å². The first-order valence-electron chi connectivity index (χ1n) is 11.1. The summed E-state index contributed by atoms with van der Waals surface area (Å²) in [4.78, 5) is 15.4. The number of likely N-dealkylation sites (tertiary alicyclic amines) is 1. The quantitative estimate of drug-likeness (QED) is 0.733. The van der Waals surface area contributed by atoms with E-state index in [4.69, 9.17) is 4.74 Å². The van der Waals surface area contributed by atoms with Crippen molar-refractivity contribution in [2.45, 2.75) is 44.9 Å². The first-order chi connectivity index (χ1) is 14.9. The Morgan fingerprint density at radius 2 is 1.94 bits per heavy atom. The molecule has 164 valence electrons. The predicted octanol–water partition coefficient (Wildman–Crippen LogP) is 4.29. The highest BCUT2D eigenvalue weighted by atomic mass is 19.1. The number of carbonyl (C=O) groups is 1. The third-order valence-electron chi connectivity index (χ3n) is 7.24. The summed E-state index contributed by atoms with van der Waals surface area (Å²) in [5, 5.41) is 8.57. The van der Waals surface area contributed by atoms with Gasteiger partial charge in [0.05, 0.1) is 36.1 Å². The van der Waals surface area contributed by atoms with Crippen molar-refractivity contribution in [2.24, 2.45) is 11.3 Å². The lowest BCUT2D eigenvalue weighted by Gasteiger charge is -2.38. The van der Waals surface area contributed by atoms with Gasteiger partial charge >= 0.3 is 0 Å². The van der Waals surface area contributed by atoms with Gasteiger partial charge in [-0.05, 0) is 54.9 Å². The zero-order valence-corrected chi connectivity index (χ0v) is 17.9. The smallest absolute Gasteiger partial charge is 0.231 e. The Bertz CT molecular complexity index is 1000. The molecule has 5 rings (SSSR count). The van der Waals surface area contributed by atoms with Gasteiger partial charge in [-0.25, -0.2) is 8.78 Å². The van der Waals surface area contributed by atoms with Crippen molar-refractivity contribution in [3.63, 3.8) is 0 Å². The molecular weight excluding hydrogens is 400 g/mol. The van der Waals surface area contributed by atoms with E-state index in [1.54, 1.807) is 6.07 Å². The van der Waals surface area contributed by atoms with Crippen molar-refractivity contribution in [1.82, 2.24) is 15.1 Å². The van der Waals surface area contributed by atoms with Gasteiger partial charge in [0.15, 0.2) is 0 Å². The molecule has 2 aromatic rings. The molecule has 7 heteroatoms. The number of hydrogen-bond donors (Lipinski definition) is 0. The molecule has 0 saturated carbocycles. The van der Waals surface area contributed by atoms with Gasteiger partial charge in [0, 0.05) is 18.5 Å². The lowest BCUT2D eigenvalue weighted by molar-refractivity contribution is -0.136. The fourth-order valence-corrected chi connectivity index (χ4v) is 5.39. The minimum Gasteiger partial charge on any atom is -0.380 e. The van der Waals surface area contributed by atoms with E-state index in [0.29, 0.717) is 11.6 Å². The van der Waals surface area contributed by atoms with Crippen LogP contribution in [-0.2, 0) is 9.53 Å². The number of aromatic nitrogens is 2. The molecule has 1 amide bonds. The van der Waals surface area contributed by atoms with Crippen LogP contribution in [0.25, 0.3) is 11.3 Å². The molecule has 0 bridgehead atoms. The standard InChI is InChI=1S/C24H27F2N3O2/c1-14(2)15-6-7-16(23(30)29-9-8-24(11-29)12-31-13-24)22-17(15)10-20(27-28-22)21-18(25)4-3-5-19(21)26/h3-5,10,14-16H,6-9,11-13H2,1-2H3/t15-,16?/m0/s1. The molecule has 1 aromatic carbocycles. The van der Waals surface area contributed by atoms with Gasteiger partial charge in [0.2, 0.25) is 5.91 Å². The molecule has 3 aliphatic rings. The van der Waals surface area contributed by atoms with Crippen LogP contribution in [0.3, 0.4) is 0 Å². The second kappa shape index (κ2) is 7.62. The van der Waals surface area contributed by atoms with E-state index in [9.17, 15) is 13.6 Å². The summed E-state index contributed by atoms with van der Waals surface area (Å²) in [6.45, 7) is 7.18. The highest BCUT2D eigenvalue weighted by Crippen LogP contribution is 2.45. The normalized spacial score (nSPS) is 24.4. The van der Waals surface area contributed by atoms with Crippen molar-refractivity contribution < 1.29 is 18.3 Å². The fourth-order valence-electron chi connectivity index (χ4n) is 5.39. The minimum atomic E-state index is -0.663. The number of amides is 1. The summed E-state index contributed by atoms with van der Waals surface area (Å²) in [6, 6.07) is 5.53. The van der Waals surface area contributed by atoms with Gasteiger partial charge in [-0.1, -0.05) is 19.9 Å². The Labute approximate surface area is 180 Å². The average molecular weight is 427 g/mol. The molecule has 1 aromatic heterocycles. The second-order valence-electron chi connectivity index (χ2n) is 9.65. The Kier molecular flexibility index (Phi) is 5.04. The maximum atomic E-state index is 14.4. The Hall–Kier alpha value is -2.41. The molecule has 3 heterocycles. The number of fused-ring (bicyclic) bond motifs is 1. The average Bonchev–Trinajstić information content (AvgIpc) is 3.18. The van der Waals surface area contributed by atoms with Crippen LogP contribution in [0.2, 0.25) is 0 Å². The molecule has 31 heavy (non-hydrogen) atoms. The summed E-state index contributed by atoms with van der Waals surface area (Å²) in [6.07, 6.45) is 2.54. The first-order valence-corrected chi connectivity index (χ1v) is 11.1. The van der Waals surface area contributed by atoms with Gasteiger partial charge in [-0.3, -0.25) is 4.79 Å². The number of ether oxygens (including phenoxy) is 1. The molecule has 2 saturated heterocycles. The number of halogens is 2. The zero-order valence-electron chi connectivity index (χ0n) is 17.9. The highest BCUT2D eigenvalue weighted by molar-refractivity contribution is 5.84. The van der Waals surface area contributed by atoms with Crippen LogP contribution in [0.15, 0.2) is 24.3 Å². The summed E-state index contributed by atoms with van der Waals surface area (Å²) >= 11 is 0. The van der Waals surface area contributed by atoms with Crippen molar-refractivity contribution in [3.8, 4) is 11.3 Å². The maximum Gasteiger partial charge on any atom is 0.231 e. The van der Waals surface area contributed by atoms with Crippen LogP contribution >= 0.6 is 0 Å². The summed E-state index contributed by atoms with van der Waals surface area (Å²) in [5.74, 6) is -1.10. The van der Waals surface area contributed by atoms with E-state index < -0.39 is 11.6 Å². The molecular formula is C24H27F2N3O2. The van der Waals surface area contributed by atoms with Crippen molar-refractivity contribution in [2.75, 3.05) is 26.3 Å². The van der Waals surface area contributed by atoms with E-state index in [-0.39, 0.29) is 34.4 Å². The molecule has 1 aliphatic carbocycles. The van der Waals surface area contributed by atoms with Gasteiger partial charge in [0.25, 0.3) is 0 Å². The molecule has 1 spiro atoms. The zero-order chi connectivity index (χ0) is 21.8. The Morgan fingerprint density at radius 1 is 1.19 bits per heavy atom. The van der Waals surface area contributed by atoms with Crippen LogP contribution < -0.4 is 0 Å². The van der Waals surface area contributed by atoms with Crippen LogP contribution in [0.4, 0.5) is 8.78 Å². The SMILES string of the molecule is CC(C)[C@@H]1CCC(C(=O)N2CCC3(COC3)C2)c2nnc(-c3c(F)cccc3F)cc21. The first kappa shape index (κ1) is 20.5. The van der Waals surface area contributed by atoms with Gasteiger partial charge < -0.3 is 9.64 Å². The molecule has 2 atom stereocenters. The van der Waals surface area contributed by atoms with Crippen LogP contribution in [0.1, 0.15) is 56.2 Å². The van der Waals surface area contributed by atoms with Crippen LogP contribution in [0.5, 0.6) is 0 Å². The van der Waals surface area contributed by atoms with Crippen molar-refractivity contribution in [3.05, 3.63) is 47.2 Å². The Morgan fingerprint density at radius 3 is 2.55 bits per heavy atom. The number of carbonyl (C=O) groups excluding carboxylic acids is 1. The van der Waals surface area contributed by atoms with Gasteiger partial charge in [-0.15, -0.1) is 5.10 Å². The maximum absolute atomic E-state index is 14.4. The monoisotopic (exact) mass is 427 g/mol. The highest BCUT2D eigenvalue weighted by Gasteiger charge is 2.47.